The quantitative estimate of drug-likeness (QED) is 0.671. The second-order valence-corrected chi connectivity index (χ2v) is 4.60. The minimum Gasteiger partial charge on any atom is -0.479 e. The summed E-state index contributed by atoms with van der Waals surface area (Å²) < 4.78 is 19.7. The van der Waals surface area contributed by atoms with Crippen LogP contribution in [-0.4, -0.2) is 38.2 Å². The van der Waals surface area contributed by atoms with Crippen LogP contribution in [0, 0.1) is 5.82 Å². The van der Waals surface area contributed by atoms with E-state index < -0.39 is 11.7 Å². The van der Waals surface area contributed by atoms with Gasteiger partial charge in [0.2, 0.25) is 5.88 Å². The van der Waals surface area contributed by atoms with Crippen LogP contribution in [0.2, 0.25) is 0 Å². The third-order valence-corrected chi connectivity index (χ3v) is 3.04. The number of ether oxygens (including phenoxy) is 1. The van der Waals surface area contributed by atoms with Crippen molar-refractivity contribution in [1.82, 2.24) is 30.6 Å². The lowest BCUT2D eigenvalue weighted by Crippen LogP contribution is -2.29. The van der Waals surface area contributed by atoms with Gasteiger partial charge in [-0.15, -0.1) is 5.10 Å². The summed E-state index contributed by atoms with van der Waals surface area (Å²) in [6, 6.07) is 7.84. The van der Waals surface area contributed by atoms with Gasteiger partial charge in [-0.25, -0.2) is 14.1 Å². The number of hydrogen-bond donors (Lipinski definition) is 2. The molecule has 0 bridgehead atoms. The van der Waals surface area contributed by atoms with Gasteiger partial charge in [0, 0.05) is 11.6 Å². The van der Waals surface area contributed by atoms with Gasteiger partial charge >= 0.3 is 0 Å². The van der Waals surface area contributed by atoms with Gasteiger partial charge in [0.05, 0.1) is 24.7 Å². The predicted octanol–water partition coefficient (Wildman–Crippen LogP) is 0.962. The first kappa shape index (κ1) is 15.3. The molecule has 1 amide bonds. The van der Waals surface area contributed by atoms with Gasteiger partial charge in [-0.05, 0) is 28.6 Å². The van der Waals surface area contributed by atoms with Crippen LogP contribution >= 0.6 is 0 Å². The number of hydrazine groups is 1. The van der Waals surface area contributed by atoms with Gasteiger partial charge in [-0.3, -0.25) is 15.6 Å². The van der Waals surface area contributed by atoms with Gasteiger partial charge in [0.15, 0.2) is 5.82 Å². The molecular weight excluding hydrogens is 317 g/mol. The summed E-state index contributed by atoms with van der Waals surface area (Å²) >= 11 is 0. The number of nitrogens with one attached hydrogen (secondary N) is 2. The summed E-state index contributed by atoms with van der Waals surface area (Å²) in [4.78, 5) is 15.9. The number of aromatic nitrogens is 5. The van der Waals surface area contributed by atoms with Crippen molar-refractivity contribution in [3.05, 3.63) is 54.2 Å². The number of tetrazole rings is 1. The van der Waals surface area contributed by atoms with E-state index in [0.717, 1.165) is 6.07 Å². The summed E-state index contributed by atoms with van der Waals surface area (Å²) in [6.45, 7) is 0. The van der Waals surface area contributed by atoms with Crippen LogP contribution in [0.3, 0.4) is 0 Å². The van der Waals surface area contributed by atoms with Crippen molar-refractivity contribution >= 4 is 11.6 Å². The Morgan fingerprint density at radius 1 is 1.33 bits per heavy atom. The molecule has 0 fully saturated rings. The number of hydrogen-bond acceptors (Lipinski definition) is 7. The van der Waals surface area contributed by atoms with Gasteiger partial charge in [0.25, 0.3) is 5.91 Å². The number of rotatable bonds is 5. The Labute approximate surface area is 135 Å². The van der Waals surface area contributed by atoms with Gasteiger partial charge in [-0.2, -0.15) is 0 Å². The molecular formula is C14H12FN7O2. The number of methoxy groups -OCH3 is 1. The normalized spacial score (nSPS) is 10.2. The van der Waals surface area contributed by atoms with Crippen LogP contribution < -0.4 is 15.6 Å². The van der Waals surface area contributed by atoms with E-state index in [9.17, 15) is 9.18 Å². The Morgan fingerprint density at radius 3 is 2.92 bits per heavy atom. The monoisotopic (exact) mass is 329 g/mol. The lowest BCUT2D eigenvalue weighted by Gasteiger charge is -2.10. The van der Waals surface area contributed by atoms with E-state index in [0.29, 0.717) is 11.3 Å². The third kappa shape index (κ3) is 3.27. The number of pyridine rings is 1. The summed E-state index contributed by atoms with van der Waals surface area (Å²) in [5.74, 6) is -1.18. The smallest absolute Gasteiger partial charge is 0.269 e. The summed E-state index contributed by atoms with van der Waals surface area (Å²) in [5.41, 5.74) is 6.32. The molecule has 2 heterocycles. The Bertz CT molecular complexity index is 854. The summed E-state index contributed by atoms with van der Waals surface area (Å²) in [7, 11) is 1.32. The van der Waals surface area contributed by atoms with Crippen LogP contribution in [0.1, 0.15) is 10.4 Å². The first-order valence-electron chi connectivity index (χ1n) is 6.76. The molecule has 0 aliphatic carbocycles. The highest BCUT2D eigenvalue weighted by Gasteiger charge is 2.09. The van der Waals surface area contributed by atoms with Crippen molar-refractivity contribution < 1.29 is 13.9 Å². The van der Waals surface area contributed by atoms with E-state index in [-0.39, 0.29) is 11.6 Å². The fourth-order valence-electron chi connectivity index (χ4n) is 1.91. The Morgan fingerprint density at radius 2 is 2.21 bits per heavy atom. The fraction of sp³-hybridized carbons (Fsp3) is 0.0714. The molecule has 2 aromatic heterocycles. The average Bonchev–Trinajstić information content (AvgIpc) is 3.14. The Hall–Kier alpha value is -3.56. The van der Waals surface area contributed by atoms with Crippen LogP contribution in [0.25, 0.3) is 5.69 Å². The predicted molar refractivity (Wildman–Crippen MR) is 81.0 cm³/mol. The molecule has 1 aromatic carbocycles. The summed E-state index contributed by atoms with van der Waals surface area (Å²) in [6.07, 6.45) is 2.75. The number of carbonyl (C=O) groups is 1. The molecule has 2 N–H and O–H groups in total. The van der Waals surface area contributed by atoms with Crippen LogP contribution in [0.4, 0.5) is 10.1 Å². The molecule has 0 spiro atoms. The Kier molecular flexibility index (Phi) is 4.27. The maximum Gasteiger partial charge on any atom is 0.269 e. The van der Waals surface area contributed by atoms with Crippen molar-refractivity contribution in [3.8, 4) is 11.6 Å². The van der Waals surface area contributed by atoms with Crippen molar-refractivity contribution in [2.75, 3.05) is 12.5 Å². The molecule has 10 heteroatoms. The number of carbonyl (C=O) groups excluding carboxylic acids is 1. The van der Waals surface area contributed by atoms with E-state index in [4.69, 9.17) is 4.74 Å². The lowest BCUT2D eigenvalue weighted by atomic mass is 10.2. The lowest BCUT2D eigenvalue weighted by molar-refractivity contribution is 0.0962. The molecule has 0 saturated carbocycles. The number of anilines is 1. The molecule has 0 atom stereocenters. The molecule has 0 unspecified atom stereocenters. The molecule has 3 rings (SSSR count). The first-order valence-corrected chi connectivity index (χ1v) is 6.76. The number of benzene rings is 1. The zero-order valence-corrected chi connectivity index (χ0v) is 12.5. The van der Waals surface area contributed by atoms with Crippen molar-refractivity contribution in [2.24, 2.45) is 0 Å². The number of nitrogens with zero attached hydrogens (tertiary/aromatic N) is 5. The Balaban J connectivity index is 1.69. The molecule has 9 nitrogen and oxygen atoms in total. The fourth-order valence-corrected chi connectivity index (χ4v) is 1.91. The molecule has 0 aliphatic heterocycles. The van der Waals surface area contributed by atoms with Gasteiger partial charge in [-0.1, -0.05) is 6.07 Å². The molecule has 3 aromatic rings. The second-order valence-electron chi connectivity index (χ2n) is 4.60. The minimum atomic E-state index is -0.641. The van der Waals surface area contributed by atoms with Crippen LogP contribution in [0.5, 0.6) is 5.88 Å². The van der Waals surface area contributed by atoms with E-state index in [1.165, 1.54) is 24.3 Å². The summed E-state index contributed by atoms with van der Waals surface area (Å²) in [5, 5.41) is 10.8. The van der Waals surface area contributed by atoms with Gasteiger partial charge in [0.1, 0.15) is 6.33 Å². The first-order chi connectivity index (χ1) is 11.7. The van der Waals surface area contributed by atoms with E-state index >= 15 is 0 Å². The highest BCUT2D eigenvalue weighted by atomic mass is 19.1. The SMILES string of the molecule is COc1ncc(NNC(=O)c2cccc(-n3cnnn3)c2)cc1F. The minimum absolute atomic E-state index is 0.124. The van der Waals surface area contributed by atoms with Crippen molar-refractivity contribution in [1.29, 1.82) is 0 Å². The van der Waals surface area contributed by atoms with Crippen LogP contribution in [0.15, 0.2) is 42.9 Å². The molecule has 0 saturated heterocycles. The third-order valence-electron chi connectivity index (χ3n) is 3.04. The zero-order chi connectivity index (χ0) is 16.9. The number of amides is 1. The topological polar surface area (TPSA) is 107 Å². The maximum atomic E-state index is 13.5. The highest BCUT2D eigenvalue weighted by molar-refractivity contribution is 5.95. The maximum absolute atomic E-state index is 13.5. The average molecular weight is 329 g/mol. The van der Waals surface area contributed by atoms with Crippen molar-refractivity contribution in [2.45, 2.75) is 0 Å². The zero-order valence-electron chi connectivity index (χ0n) is 12.5. The molecule has 0 radical (unpaired) electrons. The molecule has 122 valence electrons. The van der Waals surface area contributed by atoms with Crippen molar-refractivity contribution in [3.63, 3.8) is 0 Å². The van der Waals surface area contributed by atoms with E-state index in [1.54, 1.807) is 24.3 Å². The van der Waals surface area contributed by atoms with Crippen LogP contribution in [-0.2, 0) is 0 Å². The standard InChI is InChI=1S/C14H12FN7O2/c1-24-14-12(15)6-10(7-16-14)18-19-13(23)9-3-2-4-11(5-9)22-8-17-20-21-22/h2-8,18H,1H3,(H,19,23). The largest absolute Gasteiger partial charge is 0.479 e. The second kappa shape index (κ2) is 6.69. The van der Waals surface area contributed by atoms with Gasteiger partial charge < -0.3 is 4.74 Å². The van der Waals surface area contributed by atoms with E-state index in [1.807, 2.05) is 0 Å². The highest BCUT2D eigenvalue weighted by Crippen LogP contribution is 2.16. The number of halogens is 1. The van der Waals surface area contributed by atoms with E-state index in [2.05, 4.69) is 31.4 Å². The molecule has 0 aliphatic rings. The molecule has 24 heavy (non-hydrogen) atoms.